The van der Waals surface area contributed by atoms with Gasteiger partial charge in [0.2, 0.25) is 15.9 Å². The number of amides is 2. The summed E-state index contributed by atoms with van der Waals surface area (Å²) in [6, 6.07) is 11.6. The molecule has 0 aliphatic carbocycles. The number of piperidine rings is 1. The fraction of sp³-hybridized carbons (Fsp3) is 0.440. The minimum absolute atomic E-state index is 0.0212. The van der Waals surface area contributed by atoms with Crippen LogP contribution >= 0.6 is 23.2 Å². The fourth-order valence-electron chi connectivity index (χ4n) is 4.45. The van der Waals surface area contributed by atoms with Crippen LogP contribution < -0.4 is 10.6 Å². The van der Waals surface area contributed by atoms with Crippen LogP contribution in [0.3, 0.4) is 0 Å². The summed E-state index contributed by atoms with van der Waals surface area (Å²) in [4.78, 5) is 25.7. The molecule has 1 atom stereocenters. The Labute approximate surface area is 221 Å². The Morgan fingerprint density at radius 3 is 2.50 bits per heavy atom. The molecule has 2 fully saturated rings. The molecule has 0 bridgehead atoms. The van der Waals surface area contributed by atoms with E-state index >= 15 is 0 Å². The standard InChI is InChI=1S/C25H29Cl2N3O5S/c26-19-8-7-18(22(27)14-19)16-36(33,34)30-11-9-17(10-12-30)24(31)29-23-6-2-1-5-21(23)25(32)28-15-20-4-3-13-35-20/h1-2,5-8,14,17,20H,3-4,9-13,15-16H2,(H,28,32)(H,29,31)/t20-/m0/s1. The quantitative estimate of drug-likeness (QED) is 0.512. The minimum atomic E-state index is -3.60. The molecule has 2 aliphatic heterocycles. The zero-order valence-electron chi connectivity index (χ0n) is 19.7. The van der Waals surface area contributed by atoms with Gasteiger partial charge in [-0.1, -0.05) is 41.4 Å². The molecule has 0 radical (unpaired) electrons. The molecule has 2 aromatic carbocycles. The van der Waals surface area contributed by atoms with E-state index in [2.05, 4.69) is 10.6 Å². The number of sulfonamides is 1. The van der Waals surface area contributed by atoms with Crippen LogP contribution in [0.15, 0.2) is 42.5 Å². The third-order valence-corrected chi connectivity index (χ3v) is 8.93. The van der Waals surface area contributed by atoms with Gasteiger partial charge >= 0.3 is 0 Å². The summed E-state index contributed by atoms with van der Waals surface area (Å²) in [7, 11) is -3.60. The van der Waals surface area contributed by atoms with Crippen LogP contribution in [0.25, 0.3) is 0 Å². The second-order valence-electron chi connectivity index (χ2n) is 9.05. The molecule has 2 N–H and O–H groups in total. The Hall–Kier alpha value is -2.17. The van der Waals surface area contributed by atoms with Crippen molar-refractivity contribution >= 4 is 50.7 Å². The van der Waals surface area contributed by atoms with Crippen molar-refractivity contribution in [3.05, 3.63) is 63.6 Å². The molecule has 0 spiro atoms. The summed E-state index contributed by atoms with van der Waals surface area (Å²) >= 11 is 12.0. The lowest BCUT2D eigenvalue weighted by Gasteiger charge is -2.30. The third-order valence-electron chi connectivity index (χ3n) is 6.51. The molecule has 4 rings (SSSR count). The van der Waals surface area contributed by atoms with Gasteiger partial charge in [0.25, 0.3) is 5.91 Å². The maximum Gasteiger partial charge on any atom is 0.253 e. The van der Waals surface area contributed by atoms with Gasteiger partial charge < -0.3 is 15.4 Å². The Bertz CT molecular complexity index is 1210. The zero-order valence-corrected chi connectivity index (χ0v) is 22.0. The number of benzene rings is 2. The van der Waals surface area contributed by atoms with Gasteiger partial charge in [-0.2, -0.15) is 0 Å². The minimum Gasteiger partial charge on any atom is -0.376 e. The first-order valence-electron chi connectivity index (χ1n) is 11.9. The smallest absolute Gasteiger partial charge is 0.253 e. The monoisotopic (exact) mass is 553 g/mol. The van der Waals surface area contributed by atoms with Crippen LogP contribution in [-0.4, -0.2) is 56.9 Å². The molecule has 2 heterocycles. The number of halogens is 2. The van der Waals surface area contributed by atoms with E-state index in [0.717, 1.165) is 12.8 Å². The average molecular weight is 554 g/mol. The summed E-state index contributed by atoms with van der Waals surface area (Å²) in [5.74, 6) is -1.09. The van der Waals surface area contributed by atoms with Crippen molar-refractivity contribution in [2.45, 2.75) is 37.5 Å². The van der Waals surface area contributed by atoms with Gasteiger partial charge in [-0.3, -0.25) is 9.59 Å². The molecule has 2 aromatic rings. The fourth-order valence-corrected chi connectivity index (χ4v) is 6.60. The third kappa shape index (κ3) is 6.77. The van der Waals surface area contributed by atoms with Crippen molar-refractivity contribution in [3.63, 3.8) is 0 Å². The number of ether oxygens (including phenoxy) is 1. The molecule has 2 saturated heterocycles. The van der Waals surface area contributed by atoms with Gasteiger partial charge in [0.1, 0.15) is 0 Å². The van der Waals surface area contributed by atoms with Crippen LogP contribution in [0.4, 0.5) is 5.69 Å². The van der Waals surface area contributed by atoms with Crippen molar-refractivity contribution in [1.82, 2.24) is 9.62 Å². The van der Waals surface area contributed by atoms with E-state index in [1.165, 1.54) is 10.4 Å². The maximum atomic E-state index is 13.0. The first kappa shape index (κ1) is 26.9. The highest BCUT2D eigenvalue weighted by Crippen LogP contribution is 2.27. The van der Waals surface area contributed by atoms with E-state index in [0.29, 0.717) is 52.9 Å². The number of rotatable bonds is 8. The lowest BCUT2D eigenvalue weighted by atomic mass is 9.97. The molecule has 2 amide bonds. The van der Waals surface area contributed by atoms with Crippen LogP contribution in [0, 0.1) is 5.92 Å². The number of hydrogen-bond acceptors (Lipinski definition) is 5. The first-order valence-corrected chi connectivity index (χ1v) is 14.3. The predicted octanol–water partition coefficient (Wildman–Crippen LogP) is 4.08. The van der Waals surface area contributed by atoms with E-state index in [4.69, 9.17) is 27.9 Å². The first-order chi connectivity index (χ1) is 17.2. The number of carbonyl (C=O) groups excluding carboxylic acids is 2. The van der Waals surface area contributed by atoms with Gasteiger partial charge in [-0.15, -0.1) is 0 Å². The number of nitrogens with one attached hydrogen (secondary N) is 2. The maximum absolute atomic E-state index is 13.0. The Morgan fingerprint density at radius 1 is 1.06 bits per heavy atom. The van der Waals surface area contributed by atoms with Crippen molar-refractivity contribution < 1.29 is 22.7 Å². The van der Waals surface area contributed by atoms with Crippen LogP contribution in [0.2, 0.25) is 10.0 Å². The molecule has 2 aliphatic rings. The molecule has 11 heteroatoms. The van der Waals surface area contributed by atoms with Gasteiger partial charge in [-0.05, 0) is 55.5 Å². The predicted molar refractivity (Wildman–Crippen MR) is 140 cm³/mol. The molecule has 0 aromatic heterocycles. The number of hydrogen-bond donors (Lipinski definition) is 2. The van der Waals surface area contributed by atoms with Crippen LogP contribution in [0.5, 0.6) is 0 Å². The van der Waals surface area contributed by atoms with Crippen molar-refractivity contribution in [3.8, 4) is 0 Å². The number of carbonyl (C=O) groups is 2. The second kappa shape index (κ2) is 11.9. The normalized spacial score (nSPS) is 19.2. The van der Waals surface area contributed by atoms with E-state index in [1.54, 1.807) is 36.4 Å². The van der Waals surface area contributed by atoms with Crippen molar-refractivity contribution in [1.29, 1.82) is 0 Å². The number of para-hydroxylation sites is 1. The second-order valence-corrected chi connectivity index (χ2v) is 11.9. The van der Waals surface area contributed by atoms with E-state index in [9.17, 15) is 18.0 Å². The van der Waals surface area contributed by atoms with Crippen molar-refractivity contribution in [2.75, 3.05) is 31.6 Å². The molecule has 8 nitrogen and oxygen atoms in total. The molecule has 0 unspecified atom stereocenters. The summed E-state index contributed by atoms with van der Waals surface area (Å²) in [5, 5.41) is 6.49. The van der Waals surface area contributed by atoms with Crippen LogP contribution in [-0.2, 0) is 25.3 Å². The highest BCUT2D eigenvalue weighted by atomic mass is 35.5. The molecule has 36 heavy (non-hydrogen) atoms. The Kier molecular flexibility index (Phi) is 8.90. The number of anilines is 1. The van der Waals surface area contributed by atoms with Crippen LogP contribution in [0.1, 0.15) is 41.6 Å². The summed E-state index contributed by atoms with van der Waals surface area (Å²) < 4.78 is 32.8. The van der Waals surface area contributed by atoms with Gasteiger partial charge in [-0.25, -0.2) is 12.7 Å². The number of nitrogens with zero attached hydrogens (tertiary/aromatic N) is 1. The Morgan fingerprint density at radius 2 is 1.81 bits per heavy atom. The highest BCUT2D eigenvalue weighted by molar-refractivity contribution is 7.88. The van der Waals surface area contributed by atoms with Gasteiger partial charge in [0.15, 0.2) is 0 Å². The SMILES string of the molecule is O=C(NC[C@@H]1CCCO1)c1ccccc1NC(=O)C1CCN(S(=O)(=O)Cc2ccc(Cl)cc2Cl)CC1. The topological polar surface area (TPSA) is 105 Å². The van der Waals surface area contributed by atoms with Gasteiger partial charge in [0.05, 0.1) is 23.1 Å². The van der Waals surface area contributed by atoms with Crippen molar-refractivity contribution in [2.24, 2.45) is 5.92 Å². The average Bonchev–Trinajstić information content (AvgIpc) is 3.38. The lowest BCUT2D eigenvalue weighted by molar-refractivity contribution is -0.120. The molecule has 194 valence electrons. The van der Waals surface area contributed by atoms with E-state index in [-0.39, 0.29) is 42.7 Å². The zero-order chi connectivity index (χ0) is 25.7. The van der Waals surface area contributed by atoms with E-state index < -0.39 is 10.0 Å². The summed E-state index contributed by atoms with van der Waals surface area (Å²) in [5.41, 5.74) is 1.29. The molecular weight excluding hydrogens is 525 g/mol. The molecular formula is C25H29Cl2N3O5S. The molecule has 0 saturated carbocycles. The van der Waals surface area contributed by atoms with E-state index in [1.807, 2.05) is 0 Å². The summed E-state index contributed by atoms with van der Waals surface area (Å²) in [6.07, 6.45) is 2.69. The largest absolute Gasteiger partial charge is 0.376 e. The lowest BCUT2D eigenvalue weighted by Crippen LogP contribution is -2.42. The Balaban J connectivity index is 1.32. The van der Waals surface area contributed by atoms with Gasteiger partial charge in [0, 0.05) is 42.2 Å². The highest BCUT2D eigenvalue weighted by Gasteiger charge is 2.32. The summed E-state index contributed by atoms with van der Waals surface area (Å²) in [6.45, 7) is 1.60.